The first-order valence-corrected chi connectivity index (χ1v) is 7.13. The lowest BCUT2D eigenvalue weighted by atomic mass is 9.91. The molecule has 0 bridgehead atoms. The highest BCUT2D eigenvalue weighted by Crippen LogP contribution is 2.23. The predicted octanol–water partition coefficient (Wildman–Crippen LogP) is 0.376. The van der Waals surface area contributed by atoms with Crippen LogP contribution in [-0.4, -0.2) is 41.4 Å². The van der Waals surface area contributed by atoms with Crippen molar-refractivity contribution in [1.29, 1.82) is 0 Å². The number of hydrogen-bond donors (Lipinski definition) is 2. The maximum atomic E-state index is 12.3. The monoisotopic (exact) mass is 281 g/mol. The Morgan fingerprint density at radius 1 is 1.35 bits per heavy atom. The van der Waals surface area contributed by atoms with Crippen molar-refractivity contribution < 1.29 is 14.4 Å². The van der Waals surface area contributed by atoms with Gasteiger partial charge in [0.1, 0.15) is 6.04 Å². The largest absolute Gasteiger partial charge is 0.352 e. The molecule has 0 aromatic heterocycles. The van der Waals surface area contributed by atoms with E-state index in [1.165, 1.54) is 4.90 Å². The first kappa shape index (κ1) is 14.8. The Morgan fingerprint density at radius 3 is 2.55 bits per heavy atom. The average Bonchev–Trinajstić information content (AvgIpc) is 3.10. The highest BCUT2D eigenvalue weighted by atomic mass is 16.2. The standard InChI is InChI=1S/C14H23N3O3/c1-14(2,3)7-12(19)17-8-15-11(18)6-10(17)13(20)16-9-4-5-9/h9-10H,4-8H2,1-3H3,(H,15,18)(H,16,20). The molecule has 2 aliphatic rings. The van der Waals surface area contributed by atoms with Gasteiger partial charge in [-0.2, -0.15) is 0 Å². The third-order valence-corrected chi connectivity index (χ3v) is 3.43. The summed E-state index contributed by atoms with van der Waals surface area (Å²) < 4.78 is 0. The Balaban J connectivity index is 2.04. The van der Waals surface area contributed by atoms with Gasteiger partial charge < -0.3 is 15.5 Å². The molecule has 2 fully saturated rings. The van der Waals surface area contributed by atoms with Crippen molar-refractivity contribution in [2.75, 3.05) is 6.67 Å². The van der Waals surface area contributed by atoms with Gasteiger partial charge in [-0.3, -0.25) is 14.4 Å². The number of rotatable bonds is 3. The first-order valence-electron chi connectivity index (χ1n) is 7.13. The second-order valence-electron chi connectivity index (χ2n) is 6.86. The van der Waals surface area contributed by atoms with Crippen LogP contribution in [0.15, 0.2) is 0 Å². The minimum absolute atomic E-state index is 0.0500. The number of hydrogen-bond acceptors (Lipinski definition) is 3. The van der Waals surface area contributed by atoms with Gasteiger partial charge >= 0.3 is 0 Å². The number of carbonyl (C=O) groups is 3. The zero-order valence-electron chi connectivity index (χ0n) is 12.4. The van der Waals surface area contributed by atoms with Gasteiger partial charge in [0, 0.05) is 12.5 Å². The van der Waals surface area contributed by atoms with Gasteiger partial charge in [-0.15, -0.1) is 0 Å². The zero-order chi connectivity index (χ0) is 14.9. The average molecular weight is 281 g/mol. The quantitative estimate of drug-likeness (QED) is 0.785. The molecule has 112 valence electrons. The molecule has 1 aliphatic carbocycles. The number of carbonyl (C=O) groups excluding carboxylic acids is 3. The molecule has 0 aromatic rings. The summed E-state index contributed by atoms with van der Waals surface area (Å²) >= 11 is 0. The van der Waals surface area contributed by atoms with Crippen molar-refractivity contribution in [2.24, 2.45) is 5.41 Å². The third-order valence-electron chi connectivity index (χ3n) is 3.43. The summed E-state index contributed by atoms with van der Waals surface area (Å²) in [4.78, 5) is 37.5. The molecule has 2 N–H and O–H groups in total. The van der Waals surface area contributed by atoms with E-state index in [0.717, 1.165) is 12.8 Å². The zero-order valence-corrected chi connectivity index (χ0v) is 12.4. The van der Waals surface area contributed by atoms with E-state index in [1.807, 2.05) is 20.8 Å². The summed E-state index contributed by atoms with van der Waals surface area (Å²) in [6.07, 6.45) is 2.38. The van der Waals surface area contributed by atoms with Crippen LogP contribution in [0.5, 0.6) is 0 Å². The highest BCUT2D eigenvalue weighted by molar-refractivity contribution is 5.93. The van der Waals surface area contributed by atoms with Crippen LogP contribution in [0.25, 0.3) is 0 Å². The molecule has 0 radical (unpaired) electrons. The molecule has 1 unspecified atom stereocenters. The van der Waals surface area contributed by atoms with Crippen LogP contribution in [0, 0.1) is 5.41 Å². The van der Waals surface area contributed by atoms with Crippen molar-refractivity contribution in [3.8, 4) is 0 Å². The van der Waals surface area contributed by atoms with Gasteiger partial charge in [0.05, 0.1) is 13.1 Å². The lowest BCUT2D eigenvalue weighted by Crippen LogP contribution is -2.59. The Morgan fingerprint density at radius 2 is 2.00 bits per heavy atom. The highest BCUT2D eigenvalue weighted by Gasteiger charge is 2.38. The normalized spacial score (nSPS) is 23.2. The van der Waals surface area contributed by atoms with Crippen molar-refractivity contribution >= 4 is 17.7 Å². The van der Waals surface area contributed by atoms with Crippen LogP contribution in [-0.2, 0) is 14.4 Å². The number of nitrogens with zero attached hydrogens (tertiary/aromatic N) is 1. The summed E-state index contributed by atoms with van der Waals surface area (Å²) in [6.45, 7) is 6.06. The van der Waals surface area contributed by atoms with Gasteiger partial charge in [-0.25, -0.2) is 0 Å². The SMILES string of the molecule is CC(C)(C)CC(=O)N1CNC(=O)CC1C(=O)NC1CC1. The van der Waals surface area contributed by atoms with Crippen LogP contribution < -0.4 is 10.6 Å². The van der Waals surface area contributed by atoms with E-state index in [-0.39, 0.29) is 42.3 Å². The Kier molecular flexibility index (Phi) is 4.01. The van der Waals surface area contributed by atoms with E-state index in [2.05, 4.69) is 10.6 Å². The molecule has 1 saturated heterocycles. The lowest BCUT2D eigenvalue weighted by Gasteiger charge is -2.36. The van der Waals surface area contributed by atoms with Gasteiger partial charge in [-0.1, -0.05) is 20.8 Å². The predicted molar refractivity (Wildman–Crippen MR) is 73.5 cm³/mol. The summed E-state index contributed by atoms with van der Waals surface area (Å²) in [7, 11) is 0. The van der Waals surface area contributed by atoms with Crippen LogP contribution in [0.3, 0.4) is 0 Å². The fourth-order valence-electron chi connectivity index (χ4n) is 2.22. The molecule has 1 saturated carbocycles. The van der Waals surface area contributed by atoms with E-state index in [9.17, 15) is 14.4 Å². The lowest BCUT2D eigenvalue weighted by molar-refractivity contribution is -0.148. The molecule has 0 aromatic carbocycles. The molecule has 1 heterocycles. The Labute approximate surface area is 119 Å². The molecule has 1 atom stereocenters. The van der Waals surface area contributed by atoms with Crippen molar-refractivity contribution in [2.45, 2.75) is 58.5 Å². The van der Waals surface area contributed by atoms with Crippen molar-refractivity contribution in [1.82, 2.24) is 15.5 Å². The van der Waals surface area contributed by atoms with Gasteiger partial charge in [0.15, 0.2) is 0 Å². The van der Waals surface area contributed by atoms with Crippen LogP contribution in [0.4, 0.5) is 0 Å². The second kappa shape index (κ2) is 5.42. The number of amides is 3. The number of nitrogens with one attached hydrogen (secondary N) is 2. The Bertz CT molecular complexity index is 424. The smallest absolute Gasteiger partial charge is 0.243 e. The molecule has 2 rings (SSSR count). The van der Waals surface area contributed by atoms with Crippen LogP contribution in [0.2, 0.25) is 0 Å². The van der Waals surface area contributed by atoms with Gasteiger partial charge in [-0.05, 0) is 18.3 Å². The summed E-state index contributed by atoms with van der Waals surface area (Å²) in [5.74, 6) is -0.473. The molecular weight excluding hydrogens is 258 g/mol. The fraction of sp³-hybridized carbons (Fsp3) is 0.786. The second-order valence-corrected chi connectivity index (χ2v) is 6.86. The maximum absolute atomic E-state index is 12.3. The first-order chi connectivity index (χ1) is 9.26. The molecule has 6 heteroatoms. The Hall–Kier alpha value is -1.59. The van der Waals surface area contributed by atoms with E-state index < -0.39 is 6.04 Å². The van der Waals surface area contributed by atoms with E-state index in [4.69, 9.17) is 0 Å². The molecule has 0 spiro atoms. The molecule has 6 nitrogen and oxygen atoms in total. The topological polar surface area (TPSA) is 78.5 Å². The van der Waals surface area contributed by atoms with Crippen LogP contribution >= 0.6 is 0 Å². The minimum Gasteiger partial charge on any atom is -0.352 e. The minimum atomic E-state index is -0.667. The van der Waals surface area contributed by atoms with Crippen LogP contribution in [0.1, 0.15) is 46.5 Å². The fourth-order valence-corrected chi connectivity index (χ4v) is 2.22. The molecule has 20 heavy (non-hydrogen) atoms. The molecule has 3 amide bonds. The third kappa shape index (κ3) is 3.95. The van der Waals surface area contributed by atoms with E-state index in [0.29, 0.717) is 6.42 Å². The van der Waals surface area contributed by atoms with Gasteiger partial charge in [0.25, 0.3) is 0 Å². The maximum Gasteiger partial charge on any atom is 0.243 e. The summed E-state index contributed by atoms with van der Waals surface area (Å²) in [5, 5.41) is 5.52. The van der Waals surface area contributed by atoms with Crippen molar-refractivity contribution in [3.05, 3.63) is 0 Å². The van der Waals surface area contributed by atoms with Crippen molar-refractivity contribution in [3.63, 3.8) is 0 Å². The summed E-state index contributed by atoms with van der Waals surface area (Å²) in [5.41, 5.74) is -0.143. The van der Waals surface area contributed by atoms with E-state index in [1.54, 1.807) is 0 Å². The molecular formula is C14H23N3O3. The van der Waals surface area contributed by atoms with Gasteiger partial charge in [0.2, 0.25) is 17.7 Å². The summed E-state index contributed by atoms with van der Waals surface area (Å²) in [6, 6.07) is -0.439. The molecule has 1 aliphatic heterocycles. The van der Waals surface area contributed by atoms with E-state index >= 15 is 0 Å².